The molecule has 2 aromatic rings. The van der Waals surface area contributed by atoms with Gasteiger partial charge < -0.3 is 15.2 Å². The van der Waals surface area contributed by atoms with Gasteiger partial charge in [0.25, 0.3) is 0 Å². The molecule has 1 aromatic heterocycles. The van der Waals surface area contributed by atoms with Gasteiger partial charge in [-0.1, -0.05) is 6.07 Å². The van der Waals surface area contributed by atoms with Gasteiger partial charge in [-0.3, -0.25) is 0 Å². The molecule has 142 valence electrons. The highest BCUT2D eigenvalue weighted by Crippen LogP contribution is 2.19. The molecule has 5 nitrogen and oxygen atoms in total. The maximum absolute atomic E-state index is 14.5. The van der Waals surface area contributed by atoms with Gasteiger partial charge in [0.05, 0.1) is 12.2 Å². The summed E-state index contributed by atoms with van der Waals surface area (Å²) < 4.78 is 16.3. The Labute approximate surface area is 159 Å². The molecule has 0 saturated heterocycles. The lowest BCUT2D eigenvalue weighted by Crippen LogP contribution is -2.43. The molecule has 0 unspecified atom stereocenters. The topological polar surface area (TPSA) is 54.2 Å². The summed E-state index contributed by atoms with van der Waals surface area (Å²) in [5.74, 6) is 1.22. The minimum absolute atomic E-state index is 0.118. The third kappa shape index (κ3) is 5.49. The smallest absolute Gasteiger partial charge is 0.191 e. The highest BCUT2D eigenvalue weighted by molar-refractivity contribution is 7.99. The average Bonchev–Trinajstić information content (AvgIpc) is 3.03. The van der Waals surface area contributed by atoms with Crippen LogP contribution in [0.5, 0.6) is 0 Å². The average molecular weight is 378 g/mol. The monoisotopic (exact) mass is 377 g/mol. The van der Waals surface area contributed by atoms with Gasteiger partial charge in [0, 0.05) is 30.2 Å². The van der Waals surface area contributed by atoms with Gasteiger partial charge in [0.1, 0.15) is 11.6 Å². The number of halogens is 1. The van der Waals surface area contributed by atoms with Crippen molar-refractivity contribution in [3.05, 3.63) is 47.8 Å². The Morgan fingerprint density at radius 2 is 2.12 bits per heavy atom. The molecule has 0 spiro atoms. The van der Waals surface area contributed by atoms with Gasteiger partial charge in [-0.2, -0.15) is 11.8 Å². The van der Waals surface area contributed by atoms with Crippen LogP contribution in [0.2, 0.25) is 0 Å². The third-order valence-electron chi connectivity index (χ3n) is 4.10. The van der Waals surface area contributed by atoms with E-state index in [9.17, 15) is 4.39 Å². The molecule has 0 bridgehead atoms. The van der Waals surface area contributed by atoms with Crippen LogP contribution in [0.15, 0.2) is 35.6 Å². The molecule has 2 N–H and O–H groups in total. The summed E-state index contributed by atoms with van der Waals surface area (Å²) in [6, 6.07) is 5.20. The zero-order chi connectivity index (χ0) is 19.2. The fraction of sp³-hybridized carbons (Fsp3) is 0.474. The summed E-state index contributed by atoms with van der Waals surface area (Å²) in [7, 11) is 0. The second kappa shape index (κ2) is 9.07. The quantitative estimate of drug-likeness (QED) is 0.573. The highest BCUT2D eigenvalue weighted by Gasteiger charge is 2.16. The Morgan fingerprint density at radius 1 is 1.35 bits per heavy atom. The van der Waals surface area contributed by atoms with E-state index in [2.05, 4.69) is 40.7 Å². The fourth-order valence-electron chi connectivity index (χ4n) is 2.36. The molecule has 26 heavy (non-hydrogen) atoms. The molecular formula is C19H28FN5S. The number of nitrogens with one attached hydrogen (secondary N) is 2. The Bertz CT molecular complexity index is 754. The SMILES string of the molecule is CCNC(=NCc1ccc(-n2ccnc2C)c(F)c1)NCC(C)(C)SC. The van der Waals surface area contributed by atoms with Crippen LogP contribution in [0.1, 0.15) is 32.2 Å². The van der Waals surface area contributed by atoms with Crippen LogP contribution in [0, 0.1) is 12.7 Å². The van der Waals surface area contributed by atoms with Gasteiger partial charge in [0.15, 0.2) is 5.96 Å². The van der Waals surface area contributed by atoms with Crippen LogP contribution in [0.3, 0.4) is 0 Å². The molecule has 0 atom stereocenters. The van der Waals surface area contributed by atoms with E-state index in [1.807, 2.05) is 19.9 Å². The van der Waals surface area contributed by atoms with Gasteiger partial charge in [0.2, 0.25) is 0 Å². The molecule has 0 aliphatic carbocycles. The van der Waals surface area contributed by atoms with E-state index in [-0.39, 0.29) is 10.6 Å². The normalized spacial score (nSPS) is 12.3. The number of rotatable bonds is 7. The van der Waals surface area contributed by atoms with Crippen molar-refractivity contribution in [3.63, 3.8) is 0 Å². The van der Waals surface area contributed by atoms with E-state index in [1.54, 1.807) is 34.8 Å². The largest absolute Gasteiger partial charge is 0.357 e. The maximum atomic E-state index is 14.5. The molecule has 0 saturated carbocycles. The number of aliphatic imine (C=N–C) groups is 1. The molecular weight excluding hydrogens is 349 g/mol. The minimum Gasteiger partial charge on any atom is -0.357 e. The van der Waals surface area contributed by atoms with Gasteiger partial charge >= 0.3 is 0 Å². The molecule has 7 heteroatoms. The molecule has 0 amide bonds. The van der Waals surface area contributed by atoms with E-state index < -0.39 is 0 Å². The summed E-state index contributed by atoms with van der Waals surface area (Å²) in [6.45, 7) is 10.2. The number of benzene rings is 1. The third-order valence-corrected chi connectivity index (χ3v) is 5.34. The van der Waals surface area contributed by atoms with E-state index >= 15 is 0 Å². The lowest BCUT2D eigenvalue weighted by atomic mass is 10.2. The van der Waals surface area contributed by atoms with Crippen molar-refractivity contribution in [1.29, 1.82) is 0 Å². The first-order valence-corrected chi connectivity index (χ1v) is 9.95. The van der Waals surface area contributed by atoms with Crippen molar-refractivity contribution < 1.29 is 4.39 Å². The Kier molecular flexibility index (Phi) is 7.08. The van der Waals surface area contributed by atoms with Crippen molar-refractivity contribution in [2.45, 2.75) is 39.0 Å². The summed E-state index contributed by atoms with van der Waals surface area (Å²) in [5, 5.41) is 6.58. The number of thioether (sulfide) groups is 1. The highest BCUT2D eigenvalue weighted by atomic mass is 32.2. The molecule has 1 heterocycles. The minimum atomic E-state index is -0.278. The van der Waals surface area contributed by atoms with E-state index in [0.717, 1.165) is 30.4 Å². The predicted molar refractivity (Wildman–Crippen MR) is 109 cm³/mol. The first-order chi connectivity index (χ1) is 12.4. The lowest BCUT2D eigenvalue weighted by molar-refractivity contribution is 0.614. The van der Waals surface area contributed by atoms with Crippen LogP contribution in [0.4, 0.5) is 4.39 Å². The molecule has 2 rings (SSSR count). The van der Waals surface area contributed by atoms with Crippen LogP contribution >= 0.6 is 11.8 Å². The number of hydrogen-bond donors (Lipinski definition) is 2. The van der Waals surface area contributed by atoms with Crippen molar-refractivity contribution >= 4 is 17.7 Å². The second-order valence-corrected chi connectivity index (χ2v) is 8.16. The van der Waals surface area contributed by atoms with Crippen LogP contribution in [-0.2, 0) is 6.54 Å². The second-order valence-electron chi connectivity index (χ2n) is 6.64. The van der Waals surface area contributed by atoms with Crippen molar-refractivity contribution in [2.24, 2.45) is 4.99 Å². The molecule has 0 fully saturated rings. The van der Waals surface area contributed by atoms with E-state index in [4.69, 9.17) is 0 Å². The number of aryl methyl sites for hydroxylation is 1. The van der Waals surface area contributed by atoms with Crippen LogP contribution in [-0.4, -0.2) is 39.6 Å². The lowest BCUT2D eigenvalue weighted by Gasteiger charge is -2.23. The number of guanidine groups is 1. The van der Waals surface area contributed by atoms with Crippen molar-refractivity contribution in [1.82, 2.24) is 20.2 Å². The van der Waals surface area contributed by atoms with E-state index in [1.165, 1.54) is 6.07 Å². The van der Waals surface area contributed by atoms with Crippen molar-refractivity contribution in [2.75, 3.05) is 19.3 Å². The van der Waals surface area contributed by atoms with Crippen LogP contribution < -0.4 is 10.6 Å². The Balaban J connectivity index is 2.09. The molecule has 0 radical (unpaired) electrons. The maximum Gasteiger partial charge on any atom is 0.191 e. The summed E-state index contributed by atoms with van der Waals surface area (Å²) >= 11 is 1.80. The number of nitrogens with zero attached hydrogens (tertiary/aromatic N) is 3. The van der Waals surface area contributed by atoms with E-state index in [0.29, 0.717) is 12.2 Å². The predicted octanol–water partition coefficient (Wildman–Crippen LogP) is 3.52. The summed E-state index contributed by atoms with van der Waals surface area (Å²) in [4.78, 5) is 8.71. The summed E-state index contributed by atoms with van der Waals surface area (Å²) in [6.07, 6.45) is 5.52. The number of imidazole rings is 1. The summed E-state index contributed by atoms with van der Waals surface area (Å²) in [5.41, 5.74) is 1.32. The Hall–Kier alpha value is -2.02. The van der Waals surface area contributed by atoms with Crippen molar-refractivity contribution in [3.8, 4) is 5.69 Å². The van der Waals surface area contributed by atoms with Crippen LogP contribution in [0.25, 0.3) is 5.69 Å². The number of aromatic nitrogens is 2. The molecule has 0 aliphatic rings. The molecule has 0 aliphatic heterocycles. The zero-order valence-electron chi connectivity index (χ0n) is 16.1. The Morgan fingerprint density at radius 3 is 2.69 bits per heavy atom. The van der Waals surface area contributed by atoms with Gasteiger partial charge in [-0.15, -0.1) is 0 Å². The molecule has 1 aromatic carbocycles. The first kappa shape index (κ1) is 20.3. The fourth-order valence-corrected chi connectivity index (χ4v) is 2.57. The van der Waals surface area contributed by atoms with Gasteiger partial charge in [-0.05, 0) is 51.6 Å². The van der Waals surface area contributed by atoms with Gasteiger partial charge in [-0.25, -0.2) is 14.4 Å². The first-order valence-electron chi connectivity index (χ1n) is 8.72. The number of hydrogen-bond acceptors (Lipinski definition) is 3. The zero-order valence-corrected chi connectivity index (χ0v) is 17.0. The standard InChI is InChI=1S/C19H28FN5S/c1-6-21-18(24-13-19(3,4)26-5)23-12-15-7-8-17(16(20)11-15)25-10-9-22-14(25)2/h7-11H,6,12-13H2,1-5H3,(H2,21,23,24).